The number of thioether (sulfide) groups is 1. The Morgan fingerprint density at radius 1 is 1.07 bits per heavy atom. The molecular formula is C28H26Cl2FN3O4S2. The number of carbonyl (C=O) groups is 1. The number of aromatic nitrogens is 2. The smallest absolute Gasteiger partial charge is 0.241 e. The Morgan fingerprint density at radius 3 is 2.40 bits per heavy atom. The zero-order valence-corrected chi connectivity index (χ0v) is 25.0. The largest absolute Gasteiger partial charge is 0.484 e. The number of halogens is 3. The lowest BCUT2D eigenvalue weighted by Crippen LogP contribution is -2.23. The van der Waals surface area contributed by atoms with Gasteiger partial charge in [-0.2, -0.15) is 0 Å². The molecule has 1 aromatic heterocycles. The van der Waals surface area contributed by atoms with Crippen molar-refractivity contribution in [2.75, 3.05) is 6.61 Å². The predicted octanol–water partition coefficient (Wildman–Crippen LogP) is 6.55. The second-order valence-corrected chi connectivity index (χ2v) is 12.9. The molecule has 0 aliphatic heterocycles. The summed E-state index contributed by atoms with van der Waals surface area (Å²) in [5, 5.41) is 6.89. The maximum Gasteiger partial charge on any atom is 0.241 e. The van der Waals surface area contributed by atoms with Gasteiger partial charge in [0, 0.05) is 16.9 Å². The fourth-order valence-corrected chi connectivity index (χ4v) is 6.02. The van der Waals surface area contributed by atoms with Crippen molar-refractivity contribution in [2.45, 2.75) is 42.0 Å². The topological polar surface area (TPSA) is 104 Å². The lowest BCUT2D eigenvalue weighted by atomic mass is 9.81. The molecule has 0 aliphatic carbocycles. The van der Waals surface area contributed by atoms with Gasteiger partial charge in [-0.1, -0.05) is 60.9 Å². The van der Waals surface area contributed by atoms with Crippen molar-refractivity contribution < 1.29 is 22.3 Å². The van der Waals surface area contributed by atoms with Crippen molar-refractivity contribution in [1.82, 2.24) is 9.55 Å². The quantitative estimate of drug-likeness (QED) is 0.201. The van der Waals surface area contributed by atoms with E-state index in [1.54, 1.807) is 30.5 Å². The Morgan fingerprint density at radius 2 is 1.77 bits per heavy atom. The van der Waals surface area contributed by atoms with E-state index in [4.69, 9.17) is 33.1 Å². The van der Waals surface area contributed by atoms with E-state index in [0.717, 1.165) is 11.3 Å². The molecule has 0 amide bonds. The highest BCUT2D eigenvalue weighted by Crippen LogP contribution is 2.39. The van der Waals surface area contributed by atoms with E-state index in [0.29, 0.717) is 32.2 Å². The van der Waals surface area contributed by atoms with Crippen molar-refractivity contribution in [2.24, 2.45) is 5.14 Å². The van der Waals surface area contributed by atoms with E-state index < -0.39 is 15.4 Å². The van der Waals surface area contributed by atoms with Crippen LogP contribution in [0.5, 0.6) is 5.75 Å². The second-order valence-electron chi connectivity index (χ2n) is 9.60. The van der Waals surface area contributed by atoms with E-state index in [-0.39, 0.29) is 28.9 Å². The minimum atomic E-state index is -4.12. The average Bonchev–Trinajstić information content (AvgIpc) is 3.32. The number of hydrogen-bond donors (Lipinski definition) is 1. The molecule has 0 aliphatic rings. The van der Waals surface area contributed by atoms with Gasteiger partial charge in [-0.25, -0.2) is 22.9 Å². The number of ether oxygens (including phenoxy) is 1. The Bertz CT molecular complexity index is 1670. The molecule has 7 nitrogen and oxygen atoms in total. The minimum Gasteiger partial charge on any atom is -0.484 e. The first-order valence-corrected chi connectivity index (χ1v) is 15.3. The molecular weight excluding hydrogens is 596 g/mol. The first kappa shape index (κ1) is 30.1. The number of Topliss-reactive ketones (excluding diaryl/α,β-unsaturated/α-hetero) is 1. The van der Waals surface area contributed by atoms with Gasteiger partial charge in [0.15, 0.2) is 10.9 Å². The molecule has 0 atom stereocenters. The number of ketones is 1. The van der Waals surface area contributed by atoms with Gasteiger partial charge in [-0.05, 0) is 66.6 Å². The van der Waals surface area contributed by atoms with Crippen LogP contribution in [0.1, 0.15) is 37.6 Å². The van der Waals surface area contributed by atoms with E-state index in [9.17, 15) is 17.6 Å². The minimum absolute atomic E-state index is 0.00456. The van der Waals surface area contributed by atoms with Crippen LogP contribution < -0.4 is 9.88 Å². The van der Waals surface area contributed by atoms with Crippen molar-refractivity contribution in [1.29, 1.82) is 0 Å². The third-order valence-corrected chi connectivity index (χ3v) is 8.90. The van der Waals surface area contributed by atoms with E-state index in [1.165, 1.54) is 43.0 Å². The highest BCUT2D eigenvalue weighted by atomic mass is 35.5. The van der Waals surface area contributed by atoms with Crippen molar-refractivity contribution in [3.8, 4) is 11.4 Å². The van der Waals surface area contributed by atoms with Gasteiger partial charge in [0.2, 0.25) is 10.0 Å². The lowest BCUT2D eigenvalue weighted by Gasteiger charge is -2.28. The highest BCUT2D eigenvalue weighted by Gasteiger charge is 2.30. The molecule has 0 saturated heterocycles. The van der Waals surface area contributed by atoms with Crippen LogP contribution in [-0.2, 0) is 26.0 Å². The van der Waals surface area contributed by atoms with Gasteiger partial charge in [-0.3, -0.25) is 9.36 Å². The normalized spacial score (nSPS) is 12.0. The van der Waals surface area contributed by atoms with Gasteiger partial charge in [0.05, 0.1) is 21.9 Å². The van der Waals surface area contributed by atoms with Gasteiger partial charge >= 0.3 is 0 Å². The summed E-state index contributed by atoms with van der Waals surface area (Å²) < 4.78 is 45.5. The van der Waals surface area contributed by atoms with Crippen molar-refractivity contribution >= 4 is 50.8 Å². The number of primary sulfonamides is 1. The standard InChI is InChI=1S/C28H26Cl2FN3O4S2/c1-17(35)15-38-24-11-4-18(12-25(24)40(32,36)37)16-39-27-33-14-26(34(27)21-8-6-20(31)7-9-21)28(2,3)19-5-10-22(29)23(30)13-19/h4-14H,15-16H2,1-3H3,(H2,32,36,37). The van der Waals surface area contributed by atoms with Gasteiger partial charge in [0.25, 0.3) is 0 Å². The summed E-state index contributed by atoms with van der Waals surface area (Å²) in [6, 6.07) is 16.1. The molecule has 12 heteroatoms. The monoisotopic (exact) mass is 621 g/mol. The maximum atomic E-state index is 13.8. The van der Waals surface area contributed by atoms with Crippen LogP contribution in [-0.4, -0.2) is 30.4 Å². The Balaban J connectivity index is 1.72. The number of sulfonamides is 1. The third-order valence-electron chi connectivity index (χ3n) is 6.21. The first-order chi connectivity index (χ1) is 18.8. The van der Waals surface area contributed by atoms with Gasteiger partial charge in [-0.15, -0.1) is 0 Å². The van der Waals surface area contributed by atoms with E-state index >= 15 is 0 Å². The summed E-state index contributed by atoms with van der Waals surface area (Å²) in [7, 11) is -4.12. The Labute approximate surface area is 246 Å². The lowest BCUT2D eigenvalue weighted by molar-refractivity contribution is -0.118. The molecule has 40 heavy (non-hydrogen) atoms. The molecule has 4 rings (SSSR count). The van der Waals surface area contributed by atoms with Crippen LogP contribution in [0.4, 0.5) is 4.39 Å². The predicted molar refractivity (Wildman–Crippen MR) is 156 cm³/mol. The van der Waals surface area contributed by atoms with Crippen molar-refractivity contribution in [3.63, 3.8) is 0 Å². The summed E-state index contributed by atoms with van der Waals surface area (Å²) in [5.41, 5.74) is 2.48. The van der Waals surface area contributed by atoms with Crippen LogP contribution in [0.25, 0.3) is 5.69 Å². The van der Waals surface area contributed by atoms with Gasteiger partial charge < -0.3 is 4.74 Å². The molecule has 0 radical (unpaired) electrons. The Kier molecular flexibility index (Phi) is 8.96. The van der Waals surface area contributed by atoms with E-state index in [2.05, 4.69) is 4.98 Å². The third kappa shape index (κ3) is 6.70. The fraction of sp³-hybridized carbons (Fsp3) is 0.214. The molecule has 2 N–H and O–H groups in total. The van der Waals surface area contributed by atoms with E-state index in [1.807, 2.05) is 30.5 Å². The number of hydrogen-bond acceptors (Lipinski definition) is 6. The first-order valence-electron chi connectivity index (χ1n) is 12.0. The molecule has 0 unspecified atom stereocenters. The molecule has 1 heterocycles. The summed E-state index contributed by atoms with van der Waals surface area (Å²) in [5.74, 6) is -0.288. The number of imidazole rings is 1. The molecule has 210 valence electrons. The SMILES string of the molecule is CC(=O)COc1ccc(CSc2ncc(C(C)(C)c3ccc(Cl)c(Cl)c3)n2-c2ccc(F)cc2)cc1S(N)(=O)=O. The van der Waals surface area contributed by atoms with Crippen LogP contribution in [0.2, 0.25) is 10.0 Å². The second kappa shape index (κ2) is 11.9. The van der Waals surface area contributed by atoms with Crippen LogP contribution in [0, 0.1) is 5.82 Å². The van der Waals surface area contributed by atoms with Crippen LogP contribution in [0.3, 0.4) is 0 Å². The number of carbonyl (C=O) groups excluding carboxylic acids is 1. The zero-order chi connectivity index (χ0) is 29.2. The molecule has 4 aromatic rings. The molecule has 0 spiro atoms. The summed E-state index contributed by atoms with van der Waals surface area (Å²) in [4.78, 5) is 15.8. The molecule has 0 fully saturated rings. The molecule has 0 bridgehead atoms. The van der Waals surface area contributed by atoms with Crippen LogP contribution >= 0.6 is 35.0 Å². The molecule has 0 saturated carbocycles. The van der Waals surface area contributed by atoms with Gasteiger partial charge in [0.1, 0.15) is 23.1 Å². The van der Waals surface area contributed by atoms with Crippen LogP contribution in [0.15, 0.2) is 76.9 Å². The maximum absolute atomic E-state index is 13.8. The fourth-order valence-electron chi connectivity index (χ4n) is 4.06. The summed E-state index contributed by atoms with van der Waals surface area (Å²) >= 11 is 13.8. The van der Waals surface area contributed by atoms with Crippen molar-refractivity contribution in [3.05, 3.63) is 99.5 Å². The number of rotatable bonds is 10. The zero-order valence-electron chi connectivity index (χ0n) is 21.8. The summed E-state index contributed by atoms with van der Waals surface area (Å²) in [6.45, 7) is 5.11. The number of nitrogens with two attached hydrogens (primary N) is 1. The summed E-state index contributed by atoms with van der Waals surface area (Å²) in [6.07, 6.45) is 1.75. The number of benzene rings is 3. The Hall–Kier alpha value is -2.89. The average molecular weight is 623 g/mol. The number of nitrogens with zero attached hydrogens (tertiary/aromatic N) is 2. The highest BCUT2D eigenvalue weighted by molar-refractivity contribution is 7.98. The molecule has 3 aromatic carbocycles.